The number of methoxy groups -OCH3 is 1. The molecule has 0 amide bonds. The van der Waals surface area contributed by atoms with Gasteiger partial charge in [0.05, 0.1) is 12.0 Å². The lowest BCUT2D eigenvalue weighted by molar-refractivity contribution is -0.142. The lowest BCUT2D eigenvalue weighted by Gasteiger charge is -2.17. The van der Waals surface area contributed by atoms with E-state index in [2.05, 4.69) is 9.46 Å². The summed E-state index contributed by atoms with van der Waals surface area (Å²) >= 11 is 0. The molecule has 0 aliphatic carbocycles. The van der Waals surface area contributed by atoms with Crippen molar-refractivity contribution in [3.8, 4) is 0 Å². The standard InChI is InChI=1S/C16H15F2NO4S/c1-23-16(20)15(7-11-5-3-2-4-6-11)19-24(21,22)14-9-12(17)8-13(18)10-14/h2-6,8-10,15,19H,7H2,1H3/t15-/m0/s1. The average molecular weight is 355 g/mol. The fourth-order valence-electron chi connectivity index (χ4n) is 2.10. The number of rotatable bonds is 6. The van der Waals surface area contributed by atoms with Crippen molar-refractivity contribution >= 4 is 16.0 Å². The molecule has 2 aromatic carbocycles. The summed E-state index contributed by atoms with van der Waals surface area (Å²) in [5.74, 6) is -2.87. The van der Waals surface area contributed by atoms with Crippen LogP contribution < -0.4 is 4.72 Å². The molecule has 2 rings (SSSR count). The summed E-state index contributed by atoms with van der Waals surface area (Å²) in [6.45, 7) is 0. The number of hydrogen-bond donors (Lipinski definition) is 1. The molecule has 0 aliphatic heterocycles. The third-order valence-corrected chi connectivity index (χ3v) is 4.66. The number of hydrogen-bond acceptors (Lipinski definition) is 4. The molecule has 0 radical (unpaired) electrons. The Hall–Kier alpha value is -2.32. The van der Waals surface area contributed by atoms with Crippen LogP contribution in [0, 0.1) is 11.6 Å². The lowest BCUT2D eigenvalue weighted by atomic mass is 10.1. The fraction of sp³-hybridized carbons (Fsp3) is 0.188. The van der Waals surface area contributed by atoms with E-state index in [1.54, 1.807) is 30.3 Å². The Bertz CT molecular complexity index is 805. The monoisotopic (exact) mass is 355 g/mol. The molecular weight excluding hydrogens is 340 g/mol. The summed E-state index contributed by atoms with van der Waals surface area (Å²) in [7, 11) is -3.19. The SMILES string of the molecule is COC(=O)[C@H](Cc1ccccc1)NS(=O)(=O)c1cc(F)cc(F)c1. The van der Waals surface area contributed by atoms with Gasteiger partial charge in [0, 0.05) is 6.07 Å². The highest BCUT2D eigenvalue weighted by Gasteiger charge is 2.27. The molecule has 128 valence electrons. The first-order valence-electron chi connectivity index (χ1n) is 6.92. The summed E-state index contributed by atoms with van der Waals surface area (Å²) in [5, 5.41) is 0. The quantitative estimate of drug-likeness (QED) is 0.805. The van der Waals surface area contributed by atoms with Crippen molar-refractivity contribution in [2.75, 3.05) is 7.11 Å². The zero-order chi connectivity index (χ0) is 17.7. The molecule has 0 fully saturated rings. The van der Waals surface area contributed by atoms with Gasteiger partial charge in [-0.25, -0.2) is 17.2 Å². The van der Waals surface area contributed by atoms with Crippen molar-refractivity contribution in [2.45, 2.75) is 17.4 Å². The highest BCUT2D eigenvalue weighted by Crippen LogP contribution is 2.15. The zero-order valence-electron chi connectivity index (χ0n) is 12.7. The van der Waals surface area contributed by atoms with Gasteiger partial charge in [-0.05, 0) is 24.1 Å². The number of carbonyl (C=O) groups is 1. The van der Waals surface area contributed by atoms with Crippen LogP contribution in [0.2, 0.25) is 0 Å². The second-order valence-electron chi connectivity index (χ2n) is 4.99. The zero-order valence-corrected chi connectivity index (χ0v) is 13.5. The van der Waals surface area contributed by atoms with Crippen LogP contribution in [0.1, 0.15) is 5.56 Å². The summed E-state index contributed by atoms with van der Waals surface area (Å²) in [4.78, 5) is 11.3. The van der Waals surface area contributed by atoms with E-state index in [1.807, 2.05) is 0 Å². The first-order valence-corrected chi connectivity index (χ1v) is 8.40. The predicted molar refractivity (Wildman–Crippen MR) is 82.6 cm³/mol. The van der Waals surface area contributed by atoms with Gasteiger partial charge in [0.2, 0.25) is 10.0 Å². The number of halogens is 2. The lowest BCUT2D eigenvalue weighted by Crippen LogP contribution is -2.43. The molecule has 0 aromatic heterocycles. The van der Waals surface area contributed by atoms with E-state index in [0.717, 1.165) is 7.11 Å². The summed E-state index contributed by atoms with van der Waals surface area (Å²) < 4.78 is 57.8. The normalized spacial score (nSPS) is 12.6. The molecule has 0 saturated carbocycles. The first-order chi connectivity index (χ1) is 11.3. The van der Waals surface area contributed by atoms with Crippen LogP contribution >= 0.6 is 0 Å². The van der Waals surface area contributed by atoms with Crippen molar-refractivity contribution in [1.29, 1.82) is 0 Å². The topological polar surface area (TPSA) is 72.5 Å². The highest BCUT2D eigenvalue weighted by molar-refractivity contribution is 7.89. The second-order valence-corrected chi connectivity index (χ2v) is 6.71. The van der Waals surface area contributed by atoms with E-state index in [1.165, 1.54) is 0 Å². The van der Waals surface area contributed by atoms with Gasteiger partial charge in [-0.15, -0.1) is 0 Å². The molecule has 0 spiro atoms. The molecule has 0 heterocycles. The summed E-state index contributed by atoms with van der Waals surface area (Å²) in [6.07, 6.45) is 0.0323. The van der Waals surface area contributed by atoms with Gasteiger partial charge < -0.3 is 4.74 Å². The third-order valence-electron chi connectivity index (χ3n) is 3.21. The Morgan fingerprint density at radius 1 is 1.12 bits per heavy atom. The highest BCUT2D eigenvalue weighted by atomic mass is 32.2. The second kappa shape index (κ2) is 7.50. The average Bonchev–Trinajstić information content (AvgIpc) is 2.53. The van der Waals surface area contributed by atoms with Crippen molar-refractivity contribution in [1.82, 2.24) is 4.72 Å². The Labute approximate surface area is 138 Å². The van der Waals surface area contributed by atoms with Gasteiger partial charge in [-0.2, -0.15) is 4.72 Å². The van der Waals surface area contributed by atoms with Crippen molar-refractivity contribution in [3.63, 3.8) is 0 Å². The van der Waals surface area contributed by atoms with E-state index in [-0.39, 0.29) is 6.42 Å². The van der Waals surface area contributed by atoms with Crippen LogP contribution in [0.5, 0.6) is 0 Å². The molecular formula is C16H15F2NO4S. The number of esters is 1. The van der Waals surface area contributed by atoms with E-state index >= 15 is 0 Å². The van der Waals surface area contributed by atoms with Crippen LogP contribution in [0.3, 0.4) is 0 Å². The molecule has 8 heteroatoms. The molecule has 0 unspecified atom stereocenters. The van der Waals surface area contributed by atoms with Crippen LogP contribution in [0.15, 0.2) is 53.4 Å². The minimum atomic E-state index is -4.31. The molecule has 5 nitrogen and oxygen atoms in total. The number of sulfonamides is 1. The van der Waals surface area contributed by atoms with Crippen LogP contribution in [-0.4, -0.2) is 27.5 Å². The Morgan fingerprint density at radius 2 is 1.71 bits per heavy atom. The van der Waals surface area contributed by atoms with E-state index in [9.17, 15) is 22.0 Å². The van der Waals surface area contributed by atoms with Gasteiger partial charge in [-0.1, -0.05) is 30.3 Å². The number of carbonyl (C=O) groups excluding carboxylic acids is 1. The molecule has 1 atom stereocenters. The Balaban J connectivity index is 2.29. The number of ether oxygens (including phenoxy) is 1. The Morgan fingerprint density at radius 3 is 2.25 bits per heavy atom. The smallest absolute Gasteiger partial charge is 0.324 e. The minimum absolute atomic E-state index is 0.0323. The van der Waals surface area contributed by atoms with Gasteiger partial charge in [0.1, 0.15) is 17.7 Å². The van der Waals surface area contributed by atoms with Crippen molar-refractivity contribution < 1.29 is 26.7 Å². The number of benzene rings is 2. The fourth-order valence-corrected chi connectivity index (χ4v) is 3.33. The van der Waals surface area contributed by atoms with Gasteiger partial charge in [-0.3, -0.25) is 4.79 Å². The molecule has 1 N–H and O–H groups in total. The molecule has 0 aliphatic rings. The van der Waals surface area contributed by atoms with Gasteiger partial charge in [0.15, 0.2) is 0 Å². The molecule has 24 heavy (non-hydrogen) atoms. The maximum atomic E-state index is 13.2. The van der Waals surface area contributed by atoms with E-state index in [4.69, 9.17) is 0 Å². The largest absolute Gasteiger partial charge is 0.468 e. The molecule has 0 saturated heterocycles. The summed E-state index contributed by atoms with van der Waals surface area (Å²) in [6, 6.07) is 9.34. The van der Waals surface area contributed by atoms with Crippen LogP contribution in [0.4, 0.5) is 8.78 Å². The first kappa shape index (κ1) is 18.0. The van der Waals surface area contributed by atoms with E-state index < -0.39 is 38.6 Å². The summed E-state index contributed by atoms with van der Waals surface area (Å²) in [5.41, 5.74) is 0.695. The van der Waals surface area contributed by atoms with Crippen molar-refractivity contribution in [2.24, 2.45) is 0 Å². The van der Waals surface area contributed by atoms with Crippen LogP contribution in [-0.2, 0) is 26.0 Å². The number of nitrogens with one attached hydrogen (secondary N) is 1. The molecule has 0 bridgehead atoms. The Kier molecular flexibility index (Phi) is 5.63. The molecule has 2 aromatic rings. The van der Waals surface area contributed by atoms with E-state index in [0.29, 0.717) is 23.8 Å². The van der Waals surface area contributed by atoms with Crippen molar-refractivity contribution in [3.05, 3.63) is 65.7 Å². The van der Waals surface area contributed by atoms with Gasteiger partial charge in [0.25, 0.3) is 0 Å². The minimum Gasteiger partial charge on any atom is -0.468 e. The third kappa shape index (κ3) is 4.59. The maximum Gasteiger partial charge on any atom is 0.324 e. The van der Waals surface area contributed by atoms with Crippen LogP contribution in [0.25, 0.3) is 0 Å². The predicted octanol–water partition coefficient (Wildman–Crippen LogP) is 2.03. The van der Waals surface area contributed by atoms with Gasteiger partial charge >= 0.3 is 5.97 Å². The maximum absolute atomic E-state index is 13.2.